The number of likely N-dealkylation sites (tertiary alicyclic amines) is 1. The lowest BCUT2D eigenvalue weighted by atomic mass is 9.91. The highest BCUT2D eigenvalue weighted by Gasteiger charge is 2.34. The number of amides is 1. The fraction of sp³-hybridized carbons (Fsp3) is 0.533. The average molecular weight is 305 g/mol. The Kier molecular flexibility index (Phi) is 4.05. The number of aryl methyl sites for hydroxylation is 1. The van der Waals surface area contributed by atoms with E-state index < -0.39 is 0 Å². The molecule has 2 aromatic heterocycles. The zero-order valence-corrected chi connectivity index (χ0v) is 13.1. The summed E-state index contributed by atoms with van der Waals surface area (Å²) in [4.78, 5) is 14.5. The molecule has 1 aliphatic heterocycles. The summed E-state index contributed by atoms with van der Waals surface area (Å²) < 4.78 is 9.68. The molecule has 112 valence electrons. The molecular weight excluding hydrogens is 286 g/mol. The van der Waals surface area contributed by atoms with E-state index in [1.165, 1.54) is 11.5 Å². The molecule has 2 aromatic rings. The molecular formula is C15H19N3O2S. The van der Waals surface area contributed by atoms with Crippen molar-refractivity contribution in [3.8, 4) is 0 Å². The Balaban J connectivity index is 1.87. The standard InChI is InChI=1S/C15H19N3O2S/c1-3-11-4-5-14(20-11)13-8-10(2)6-7-18(13)15(19)12-9-21-17-16-12/h4-5,9-10,13H,3,6-8H2,1-2H3/t10-,13+/m1/s1. The largest absolute Gasteiger partial charge is 0.464 e. The summed E-state index contributed by atoms with van der Waals surface area (Å²) in [6, 6.07) is 4.01. The number of hydrogen-bond acceptors (Lipinski definition) is 5. The second-order valence-electron chi connectivity index (χ2n) is 5.59. The maximum absolute atomic E-state index is 12.6. The predicted molar refractivity (Wildman–Crippen MR) is 80.2 cm³/mol. The first-order valence-corrected chi connectivity index (χ1v) is 8.19. The summed E-state index contributed by atoms with van der Waals surface area (Å²) in [5, 5.41) is 5.61. The maximum Gasteiger partial charge on any atom is 0.275 e. The Hall–Kier alpha value is -1.69. The number of nitrogens with zero attached hydrogens (tertiary/aromatic N) is 3. The van der Waals surface area contributed by atoms with Crippen LogP contribution in [0.1, 0.15) is 54.7 Å². The van der Waals surface area contributed by atoms with Crippen molar-refractivity contribution in [1.82, 2.24) is 14.5 Å². The molecule has 6 heteroatoms. The van der Waals surface area contributed by atoms with E-state index in [2.05, 4.69) is 23.4 Å². The molecule has 3 heterocycles. The molecule has 1 fully saturated rings. The first kappa shape index (κ1) is 14.3. The molecule has 2 atom stereocenters. The molecule has 0 radical (unpaired) electrons. The number of furan rings is 1. The van der Waals surface area contributed by atoms with Crippen molar-refractivity contribution in [1.29, 1.82) is 0 Å². The molecule has 0 saturated carbocycles. The number of aromatic nitrogens is 2. The SMILES string of the molecule is CCc1ccc([C@@H]2C[C@H](C)CCN2C(=O)c2csnn2)o1. The van der Waals surface area contributed by atoms with Crippen molar-refractivity contribution in [3.63, 3.8) is 0 Å². The Bertz CT molecular complexity index is 608. The fourth-order valence-corrected chi connectivity index (χ4v) is 3.25. The number of hydrogen-bond donors (Lipinski definition) is 0. The topological polar surface area (TPSA) is 59.2 Å². The molecule has 0 bridgehead atoms. The van der Waals surface area contributed by atoms with E-state index in [0.29, 0.717) is 11.6 Å². The van der Waals surface area contributed by atoms with Gasteiger partial charge in [-0.05, 0) is 42.4 Å². The van der Waals surface area contributed by atoms with Crippen molar-refractivity contribution in [2.24, 2.45) is 5.92 Å². The van der Waals surface area contributed by atoms with Gasteiger partial charge in [0.25, 0.3) is 5.91 Å². The average Bonchev–Trinajstić information content (AvgIpc) is 3.18. The van der Waals surface area contributed by atoms with Gasteiger partial charge in [0, 0.05) is 18.3 Å². The minimum atomic E-state index is -0.0462. The Morgan fingerprint density at radius 1 is 1.52 bits per heavy atom. The van der Waals surface area contributed by atoms with Gasteiger partial charge >= 0.3 is 0 Å². The molecule has 0 spiro atoms. The quantitative estimate of drug-likeness (QED) is 0.873. The van der Waals surface area contributed by atoms with Crippen LogP contribution in [0.15, 0.2) is 21.9 Å². The third-order valence-electron chi connectivity index (χ3n) is 4.06. The van der Waals surface area contributed by atoms with E-state index in [-0.39, 0.29) is 11.9 Å². The smallest absolute Gasteiger partial charge is 0.275 e. The van der Waals surface area contributed by atoms with Gasteiger partial charge < -0.3 is 9.32 Å². The second kappa shape index (κ2) is 5.97. The normalized spacial score (nSPS) is 22.5. The molecule has 1 aliphatic rings. The van der Waals surface area contributed by atoms with Gasteiger partial charge in [0.2, 0.25) is 0 Å². The Labute approximate surface area is 128 Å². The van der Waals surface area contributed by atoms with Crippen LogP contribution in [0, 0.1) is 5.92 Å². The van der Waals surface area contributed by atoms with Crippen molar-refractivity contribution in [2.45, 2.75) is 39.2 Å². The highest BCUT2D eigenvalue weighted by Crippen LogP contribution is 2.35. The summed E-state index contributed by atoms with van der Waals surface area (Å²) in [5.74, 6) is 2.39. The number of carbonyl (C=O) groups is 1. The lowest BCUT2D eigenvalue weighted by Gasteiger charge is -2.37. The molecule has 1 amide bonds. The first-order valence-electron chi connectivity index (χ1n) is 7.35. The Morgan fingerprint density at radius 2 is 2.38 bits per heavy atom. The molecule has 5 nitrogen and oxygen atoms in total. The first-order chi connectivity index (χ1) is 10.2. The Morgan fingerprint density at radius 3 is 3.05 bits per heavy atom. The number of piperidine rings is 1. The van der Waals surface area contributed by atoms with Crippen LogP contribution in [0.4, 0.5) is 0 Å². The fourth-order valence-electron chi connectivity index (χ4n) is 2.82. The van der Waals surface area contributed by atoms with Crippen LogP contribution in [0.2, 0.25) is 0 Å². The molecule has 1 saturated heterocycles. The van der Waals surface area contributed by atoms with E-state index in [1.54, 1.807) is 5.38 Å². The van der Waals surface area contributed by atoms with Crippen molar-refractivity contribution >= 4 is 17.4 Å². The van der Waals surface area contributed by atoms with E-state index in [4.69, 9.17) is 4.42 Å². The zero-order chi connectivity index (χ0) is 14.8. The van der Waals surface area contributed by atoms with Gasteiger partial charge in [-0.25, -0.2) is 0 Å². The number of carbonyl (C=O) groups excluding carboxylic acids is 1. The monoisotopic (exact) mass is 305 g/mol. The third-order valence-corrected chi connectivity index (χ3v) is 4.57. The summed E-state index contributed by atoms with van der Waals surface area (Å²) >= 11 is 1.21. The third kappa shape index (κ3) is 2.85. The van der Waals surface area contributed by atoms with Crippen LogP contribution in [-0.4, -0.2) is 26.9 Å². The predicted octanol–water partition coefficient (Wildman–Crippen LogP) is 3.31. The highest BCUT2D eigenvalue weighted by molar-refractivity contribution is 7.03. The van der Waals surface area contributed by atoms with Crippen LogP contribution >= 0.6 is 11.5 Å². The van der Waals surface area contributed by atoms with Gasteiger partial charge in [-0.2, -0.15) is 0 Å². The van der Waals surface area contributed by atoms with Crippen LogP contribution in [0.25, 0.3) is 0 Å². The molecule has 0 aliphatic carbocycles. The van der Waals surface area contributed by atoms with Gasteiger partial charge in [0.1, 0.15) is 11.5 Å². The summed E-state index contributed by atoms with van der Waals surface area (Å²) in [7, 11) is 0. The van der Waals surface area contributed by atoms with Crippen LogP contribution in [0.5, 0.6) is 0 Å². The molecule has 21 heavy (non-hydrogen) atoms. The van der Waals surface area contributed by atoms with Crippen LogP contribution in [-0.2, 0) is 6.42 Å². The molecule has 3 rings (SSSR count). The van der Waals surface area contributed by atoms with Gasteiger partial charge in [0.05, 0.1) is 6.04 Å². The van der Waals surface area contributed by atoms with Crippen LogP contribution in [0.3, 0.4) is 0 Å². The molecule has 0 N–H and O–H groups in total. The zero-order valence-electron chi connectivity index (χ0n) is 12.3. The van der Waals surface area contributed by atoms with E-state index >= 15 is 0 Å². The molecule has 0 unspecified atom stereocenters. The van der Waals surface area contributed by atoms with Gasteiger partial charge in [-0.15, -0.1) is 5.10 Å². The van der Waals surface area contributed by atoms with E-state index in [0.717, 1.165) is 37.3 Å². The maximum atomic E-state index is 12.6. The number of rotatable bonds is 3. The molecule has 0 aromatic carbocycles. The second-order valence-corrected chi connectivity index (χ2v) is 6.20. The minimum absolute atomic E-state index is 0.00301. The summed E-state index contributed by atoms with van der Waals surface area (Å²) in [6.07, 6.45) is 2.81. The van der Waals surface area contributed by atoms with Crippen molar-refractivity contribution in [2.75, 3.05) is 6.54 Å². The summed E-state index contributed by atoms with van der Waals surface area (Å²) in [6.45, 7) is 5.03. The van der Waals surface area contributed by atoms with Crippen LogP contribution < -0.4 is 0 Å². The lowest BCUT2D eigenvalue weighted by Crippen LogP contribution is -2.40. The van der Waals surface area contributed by atoms with E-state index in [1.807, 2.05) is 17.0 Å². The van der Waals surface area contributed by atoms with E-state index in [9.17, 15) is 4.79 Å². The van der Waals surface area contributed by atoms with Crippen molar-refractivity contribution in [3.05, 3.63) is 34.7 Å². The summed E-state index contributed by atoms with van der Waals surface area (Å²) in [5.41, 5.74) is 0.432. The minimum Gasteiger partial charge on any atom is -0.464 e. The van der Waals surface area contributed by atoms with Gasteiger partial charge in [-0.1, -0.05) is 18.3 Å². The van der Waals surface area contributed by atoms with Gasteiger partial charge in [-0.3, -0.25) is 4.79 Å². The van der Waals surface area contributed by atoms with Gasteiger partial charge in [0.15, 0.2) is 5.69 Å². The lowest BCUT2D eigenvalue weighted by molar-refractivity contribution is 0.0513. The van der Waals surface area contributed by atoms with Crippen molar-refractivity contribution < 1.29 is 9.21 Å². The highest BCUT2D eigenvalue weighted by atomic mass is 32.1.